The molecule has 1 saturated carbocycles. The van der Waals surface area contributed by atoms with E-state index in [1.165, 1.54) is 24.0 Å². The number of nitrogens with two attached hydrogens (primary N) is 1. The normalized spacial score (nSPS) is 32.8. The standard InChI is InChI=1S/C17H27N/c1-12(2)16-9-8-14(4)11-17(16,18)15-7-5-6-13(3)10-15/h5-7,10,12,14,16H,8-9,11,18H2,1-4H3. The van der Waals surface area contributed by atoms with E-state index in [0.717, 1.165) is 12.3 Å². The number of hydrogen-bond acceptors (Lipinski definition) is 1. The van der Waals surface area contributed by atoms with Gasteiger partial charge in [0.25, 0.3) is 0 Å². The van der Waals surface area contributed by atoms with Crippen molar-refractivity contribution in [2.24, 2.45) is 23.5 Å². The van der Waals surface area contributed by atoms with Crippen LogP contribution in [0.2, 0.25) is 0 Å². The van der Waals surface area contributed by atoms with Crippen molar-refractivity contribution in [2.45, 2.75) is 52.5 Å². The van der Waals surface area contributed by atoms with Crippen molar-refractivity contribution in [3.63, 3.8) is 0 Å². The molecule has 1 aromatic carbocycles. The van der Waals surface area contributed by atoms with Crippen LogP contribution in [0.4, 0.5) is 0 Å². The Kier molecular flexibility index (Phi) is 3.82. The molecule has 0 aromatic heterocycles. The molecule has 3 atom stereocenters. The molecule has 3 unspecified atom stereocenters. The van der Waals surface area contributed by atoms with Crippen molar-refractivity contribution in [3.8, 4) is 0 Å². The average Bonchev–Trinajstić information content (AvgIpc) is 2.28. The van der Waals surface area contributed by atoms with Gasteiger partial charge in [0.15, 0.2) is 0 Å². The van der Waals surface area contributed by atoms with E-state index in [-0.39, 0.29) is 5.54 Å². The van der Waals surface area contributed by atoms with Gasteiger partial charge in [-0.3, -0.25) is 0 Å². The largest absolute Gasteiger partial charge is 0.321 e. The molecular formula is C17H27N. The van der Waals surface area contributed by atoms with Gasteiger partial charge in [0.1, 0.15) is 0 Å². The number of rotatable bonds is 2. The minimum atomic E-state index is -0.127. The van der Waals surface area contributed by atoms with Crippen LogP contribution in [0.15, 0.2) is 24.3 Å². The lowest BCUT2D eigenvalue weighted by Crippen LogP contribution is -2.50. The van der Waals surface area contributed by atoms with E-state index in [0.29, 0.717) is 11.8 Å². The lowest BCUT2D eigenvalue weighted by Gasteiger charge is -2.46. The molecule has 0 bridgehead atoms. The van der Waals surface area contributed by atoms with Gasteiger partial charge in [-0.15, -0.1) is 0 Å². The monoisotopic (exact) mass is 245 g/mol. The quantitative estimate of drug-likeness (QED) is 0.828. The minimum absolute atomic E-state index is 0.127. The average molecular weight is 245 g/mol. The van der Waals surface area contributed by atoms with Crippen molar-refractivity contribution < 1.29 is 0 Å². The SMILES string of the molecule is Cc1cccc(C2(N)CC(C)CCC2C(C)C)c1. The van der Waals surface area contributed by atoms with Gasteiger partial charge in [-0.05, 0) is 43.1 Å². The molecule has 0 spiro atoms. The van der Waals surface area contributed by atoms with Crippen LogP contribution in [0.1, 0.15) is 51.2 Å². The van der Waals surface area contributed by atoms with E-state index in [9.17, 15) is 0 Å². The highest BCUT2D eigenvalue weighted by Crippen LogP contribution is 2.45. The first-order chi connectivity index (χ1) is 8.43. The fourth-order valence-corrected chi connectivity index (χ4v) is 3.75. The van der Waals surface area contributed by atoms with Gasteiger partial charge in [0.2, 0.25) is 0 Å². The summed E-state index contributed by atoms with van der Waals surface area (Å²) >= 11 is 0. The molecule has 0 radical (unpaired) electrons. The van der Waals surface area contributed by atoms with E-state index in [2.05, 4.69) is 52.0 Å². The highest BCUT2D eigenvalue weighted by atomic mass is 14.8. The van der Waals surface area contributed by atoms with Crippen molar-refractivity contribution >= 4 is 0 Å². The summed E-state index contributed by atoms with van der Waals surface area (Å²) in [5.41, 5.74) is 9.42. The number of hydrogen-bond donors (Lipinski definition) is 1. The molecule has 100 valence electrons. The van der Waals surface area contributed by atoms with Crippen molar-refractivity contribution in [2.75, 3.05) is 0 Å². The zero-order valence-electron chi connectivity index (χ0n) is 12.2. The second kappa shape index (κ2) is 5.05. The maximum atomic E-state index is 6.88. The predicted molar refractivity (Wildman–Crippen MR) is 78.4 cm³/mol. The van der Waals surface area contributed by atoms with Gasteiger partial charge in [-0.25, -0.2) is 0 Å². The smallest absolute Gasteiger partial charge is 0.0443 e. The van der Waals surface area contributed by atoms with Crippen LogP contribution in [0.5, 0.6) is 0 Å². The third kappa shape index (κ3) is 2.47. The molecule has 0 saturated heterocycles. The zero-order chi connectivity index (χ0) is 13.3. The zero-order valence-corrected chi connectivity index (χ0v) is 12.2. The molecule has 0 heterocycles. The van der Waals surface area contributed by atoms with Crippen LogP contribution in [-0.2, 0) is 5.54 Å². The Morgan fingerprint density at radius 3 is 2.61 bits per heavy atom. The fraction of sp³-hybridized carbons (Fsp3) is 0.647. The summed E-state index contributed by atoms with van der Waals surface area (Å²) in [7, 11) is 0. The maximum Gasteiger partial charge on any atom is 0.0443 e. The lowest BCUT2D eigenvalue weighted by atomic mass is 9.62. The first kappa shape index (κ1) is 13.6. The van der Waals surface area contributed by atoms with Crippen LogP contribution in [0, 0.1) is 24.7 Å². The predicted octanol–water partition coefficient (Wildman–Crippen LogP) is 4.24. The Balaban J connectivity index is 2.40. The van der Waals surface area contributed by atoms with E-state index in [4.69, 9.17) is 5.73 Å². The van der Waals surface area contributed by atoms with E-state index in [1.54, 1.807) is 0 Å². The molecule has 0 aliphatic heterocycles. The summed E-state index contributed by atoms with van der Waals surface area (Å²) in [4.78, 5) is 0. The molecule has 2 N–H and O–H groups in total. The molecule has 0 amide bonds. The Bertz CT molecular complexity index is 410. The molecular weight excluding hydrogens is 218 g/mol. The summed E-state index contributed by atoms with van der Waals surface area (Å²) in [6.07, 6.45) is 3.72. The molecule has 1 aromatic rings. The Labute approximate surface area is 112 Å². The van der Waals surface area contributed by atoms with Gasteiger partial charge in [-0.2, -0.15) is 0 Å². The first-order valence-corrected chi connectivity index (χ1v) is 7.29. The third-order valence-electron chi connectivity index (χ3n) is 4.68. The van der Waals surface area contributed by atoms with Crippen LogP contribution in [-0.4, -0.2) is 0 Å². The topological polar surface area (TPSA) is 26.0 Å². The third-order valence-corrected chi connectivity index (χ3v) is 4.68. The van der Waals surface area contributed by atoms with Crippen LogP contribution in [0.25, 0.3) is 0 Å². The number of aryl methyl sites for hydroxylation is 1. The van der Waals surface area contributed by atoms with E-state index < -0.39 is 0 Å². The maximum absolute atomic E-state index is 6.88. The summed E-state index contributed by atoms with van der Waals surface area (Å²) in [5.74, 6) is 2.00. The van der Waals surface area contributed by atoms with Gasteiger partial charge < -0.3 is 5.73 Å². The van der Waals surface area contributed by atoms with Gasteiger partial charge in [0, 0.05) is 5.54 Å². The molecule has 1 fully saturated rings. The first-order valence-electron chi connectivity index (χ1n) is 7.29. The fourth-order valence-electron chi connectivity index (χ4n) is 3.75. The van der Waals surface area contributed by atoms with Crippen LogP contribution in [0.3, 0.4) is 0 Å². The highest BCUT2D eigenvalue weighted by Gasteiger charge is 2.42. The second-order valence-corrected chi connectivity index (χ2v) is 6.65. The number of benzene rings is 1. The Hall–Kier alpha value is -0.820. The summed E-state index contributed by atoms with van der Waals surface area (Å²) in [6.45, 7) is 9.13. The van der Waals surface area contributed by atoms with Gasteiger partial charge in [-0.1, -0.05) is 57.0 Å². The molecule has 2 rings (SSSR count). The van der Waals surface area contributed by atoms with Gasteiger partial charge in [0.05, 0.1) is 0 Å². The minimum Gasteiger partial charge on any atom is -0.321 e. The summed E-state index contributed by atoms with van der Waals surface area (Å²) < 4.78 is 0. The molecule has 1 nitrogen and oxygen atoms in total. The van der Waals surface area contributed by atoms with Crippen LogP contribution >= 0.6 is 0 Å². The molecule has 1 aliphatic rings. The summed E-state index contributed by atoms with van der Waals surface area (Å²) in [5, 5.41) is 0. The molecule has 18 heavy (non-hydrogen) atoms. The van der Waals surface area contributed by atoms with Crippen LogP contribution < -0.4 is 5.73 Å². The highest BCUT2D eigenvalue weighted by molar-refractivity contribution is 5.30. The van der Waals surface area contributed by atoms with Crippen molar-refractivity contribution in [3.05, 3.63) is 35.4 Å². The van der Waals surface area contributed by atoms with E-state index >= 15 is 0 Å². The summed E-state index contributed by atoms with van der Waals surface area (Å²) in [6, 6.07) is 8.81. The molecule has 1 aliphatic carbocycles. The van der Waals surface area contributed by atoms with Crippen molar-refractivity contribution in [1.29, 1.82) is 0 Å². The van der Waals surface area contributed by atoms with E-state index in [1.807, 2.05) is 0 Å². The second-order valence-electron chi connectivity index (χ2n) is 6.65. The Morgan fingerprint density at radius 1 is 1.28 bits per heavy atom. The lowest BCUT2D eigenvalue weighted by molar-refractivity contribution is 0.108. The Morgan fingerprint density at radius 2 is 2.00 bits per heavy atom. The van der Waals surface area contributed by atoms with Crippen molar-refractivity contribution in [1.82, 2.24) is 0 Å². The molecule has 1 heteroatoms. The van der Waals surface area contributed by atoms with Gasteiger partial charge >= 0.3 is 0 Å².